The van der Waals surface area contributed by atoms with Crippen molar-refractivity contribution >= 4 is 17.3 Å². The Balaban J connectivity index is 1.91. The summed E-state index contributed by atoms with van der Waals surface area (Å²) in [7, 11) is 0. The molecule has 0 radical (unpaired) electrons. The van der Waals surface area contributed by atoms with Gasteiger partial charge in [0.25, 0.3) is 5.92 Å². The van der Waals surface area contributed by atoms with Gasteiger partial charge in [-0.2, -0.15) is 23.1 Å². The maximum Gasteiger partial charge on any atom is 0.425 e. The highest BCUT2D eigenvalue weighted by Crippen LogP contribution is 2.36. The molecule has 9 nitrogen and oxygen atoms in total. The van der Waals surface area contributed by atoms with Crippen LogP contribution in [0.2, 0.25) is 0 Å². The zero-order valence-electron chi connectivity index (χ0n) is 15.4. The lowest BCUT2D eigenvalue weighted by atomic mass is 10.3. The first kappa shape index (κ1) is 20.8. The van der Waals surface area contributed by atoms with E-state index in [9.17, 15) is 22.0 Å². The number of nitrogens with two attached hydrogens (primary N) is 1. The lowest BCUT2D eigenvalue weighted by Crippen LogP contribution is -2.32. The largest absolute Gasteiger partial charge is 0.451 e. The number of rotatable bonds is 6. The molecule has 3 N–H and O–H groups in total. The lowest BCUT2D eigenvalue weighted by Gasteiger charge is -2.22. The average Bonchev–Trinajstić information content (AvgIpc) is 3.19. The van der Waals surface area contributed by atoms with Gasteiger partial charge in [0, 0.05) is 13.0 Å². The molecule has 0 saturated carbocycles. The first-order valence-electron chi connectivity index (χ1n) is 8.52. The molecule has 1 aliphatic rings. The van der Waals surface area contributed by atoms with Gasteiger partial charge in [-0.15, -0.1) is 0 Å². The number of nitrogen functional groups attached to an aromatic ring is 1. The maximum absolute atomic E-state index is 13.6. The molecular weight excluding hydrogens is 405 g/mol. The summed E-state index contributed by atoms with van der Waals surface area (Å²) in [5.41, 5.74) is 6.78. The number of anilines is 3. The minimum absolute atomic E-state index is 0.0282. The number of hydrogen-bond donors (Lipinski definition) is 2. The van der Waals surface area contributed by atoms with Crippen LogP contribution < -0.4 is 20.7 Å². The van der Waals surface area contributed by atoms with Gasteiger partial charge in [-0.3, -0.25) is 0 Å². The molecule has 1 saturated heterocycles. The summed E-state index contributed by atoms with van der Waals surface area (Å²) in [6.07, 6.45) is -7.31. The molecule has 1 atom stereocenters. The Morgan fingerprint density at radius 2 is 2.03 bits per heavy atom. The predicted octanol–water partition coefficient (Wildman–Crippen LogP) is 2.54. The van der Waals surface area contributed by atoms with E-state index in [0.29, 0.717) is 11.4 Å². The number of halogens is 5. The molecule has 0 amide bonds. The van der Waals surface area contributed by atoms with E-state index in [1.165, 1.54) is 4.90 Å². The molecule has 0 aromatic carbocycles. The Bertz CT molecular complexity index is 873. The fraction of sp³-hybridized carbons (Fsp3) is 0.600. The molecule has 1 fully saturated rings. The van der Waals surface area contributed by atoms with Crippen molar-refractivity contribution in [2.45, 2.75) is 45.0 Å². The number of aryl methyl sites for hydroxylation is 1. The quantitative estimate of drug-likeness (QED) is 0.676. The Kier molecular flexibility index (Phi) is 5.36. The van der Waals surface area contributed by atoms with Crippen LogP contribution >= 0.6 is 0 Å². The highest BCUT2D eigenvalue weighted by molar-refractivity contribution is 5.76. The van der Waals surface area contributed by atoms with E-state index in [-0.39, 0.29) is 30.4 Å². The molecule has 0 aliphatic carbocycles. The maximum atomic E-state index is 13.6. The Morgan fingerprint density at radius 1 is 1.31 bits per heavy atom. The number of ether oxygens (including phenoxy) is 1. The highest BCUT2D eigenvalue weighted by atomic mass is 19.4. The molecule has 2 aromatic heterocycles. The van der Waals surface area contributed by atoms with E-state index in [0.717, 1.165) is 6.92 Å². The van der Waals surface area contributed by atoms with Crippen LogP contribution in [-0.2, 0) is 6.54 Å². The molecule has 3 rings (SSSR count). The van der Waals surface area contributed by atoms with Gasteiger partial charge in [0.15, 0.2) is 17.7 Å². The van der Waals surface area contributed by atoms with Crippen LogP contribution in [0, 0.1) is 6.92 Å². The second kappa shape index (κ2) is 7.48. The van der Waals surface area contributed by atoms with Crippen molar-refractivity contribution in [2.24, 2.45) is 0 Å². The minimum Gasteiger partial charge on any atom is -0.451 e. The zero-order chi connectivity index (χ0) is 21.4. The molecule has 1 aliphatic heterocycles. The van der Waals surface area contributed by atoms with Gasteiger partial charge in [0.1, 0.15) is 17.1 Å². The summed E-state index contributed by atoms with van der Waals surface area (Å²) in [6.45, 7) is 1.69. The van der Waals surface area contributed by atoms with Crippen molar-refractivity contribution in [1.82, 2.24) is 20.3 Å². The first-order valence-corrected chi connectivity index (χ1v) is 8.52. The molecule has 14 heteroatoms. The van der Waals surface area contributed by atoms with Crippen molar-refractivity contribution in [1.29, 1.82) is 0 Å². The predicted molar refractivity (Wildman–Crippen MR) is 90.7 cm³/mol. The van der Waals surface area contributed by atoms with Crippen molar-refractivity contribution < 1.29 is 31.3 Å². The van der Waals surface area contributed by atoms with E-state index >= 15 is 0 Å². The number of nitrogens with one attached hydrogen (secondary N) is 1. The van der Waals surface area contributed by atoms with Crippen LogP contribution in [-0.4, -0.2) is 51.6 Å². The van der Waals surface area contributed by atoms with Gasteiger partial charge in [-0.1, -0.05) is 10.3 Å². The standard InChI is InChI=1S/C15H18F5N7O2/c1-7-9(26-29-25-7)5-22-11-10(21)12(27-4-3-14(16,17)6-27)24-13(23-11)28-8(2)15(18,19)20/h8H,3-6,21H2,1-2H3,(H,22,23,24). The molecule has 3 heterocycles. The molecule has 0 spiro atoms. The number of hydrogen-bond acceptors (Lipinski definition) is 9. The summed E-state index contributed by atoms with van der Waals surface area (Å²) in [5.74, 6) is -3.19. The number of aromatic nitrogens is 4. The van der Waals surface area contributed by atoms with Crippen LogP contribution in [0.15, 0.2) is 4.63 Å². The van der Waals surface area contributed by atoms with E-state index in [2.05, 4.69) is 30.2 Å². The third-order valence-corrected chi connectivity index (χ3v) is 4.29. The fourth-order valence-corrected chi connectivity index (χ4v) is 2.59. The monoisotopic (exact) mass is 423 g/mol. The van der Waals surface area contributed by atoms with E-state index in [4.69, 9.17) is 10.5 Å². The highest BCUT2D eigenvalue weighted by Gasteiger charge is 2.41. The topological polar surface area (TPSA) is 115 Å². The smallest absolute Gasteiger partial charge is 0.425 e. The molecule has 2 aromatic rings. The van der Waals surface area contributed by atoms with Crippen LogP contribution in [0.1, 0.15) is 24.7 Å². The van der Waals surface area contributed by atoms with Crippen LogP contribution in [0.5, 0.6) is 6.01 Å². The average molecular weight is 423 g/mol. The molecule has 29 heavy (non-hydrogen) atoms. The van der Waals surface area contributed by atoms with Gasteiger partial charge in [0.05, 0.1) is 13.1 Å². The summed E-state index contributed by atoms with van der Waals surface area (Å²) in [4.78, 5) is 8.88. The summed E-state index contributed by atoms with van der Waals surface area (Å²) < 4.78 is 75.1. The summed E-state index contributed by atoms with van der Waals surface area (Å²) in [5, 5.41) is 10.0. The molecular formula is C15H18F5N7O2. The normalized spacial score (nSPS) is 17.4. The number of nitrogens with zero attached hydrogens (tertiary/aromatic N) is 5. The van der Waals surface area contributed by atoms with Crippen LogP contribution in [0.25, 0.3) is 0 Å². The Hall–Kier alpha value is -2.93. The van der Waals surface area contributed by atoms with Crippen LogP contribution in [0.4, 0.5) is 39.3 Å². The van der Waals surface area contributed by atoms with Gasteiger partial charge in [-0.25, -0.2) is 13.4 Å². The van der Waals surface area contributed by atoms with E-state index in [1.807, 2.05) is 0 Å². The Labute approximate surface area is 161 Å². The van der Waals surface area contributed by atoms with Crippen molar-refractivity contribution in [3.8, 4) is 6.01 Å². The second-order valence-corrected chi connectivity index (χ2v) is 6.57. The van der Waals surface area contributed by atoms with Crippen molar-refractivity contribution in [2.75, 3.05) is 29.0 Å². The van der Waals surface area contributed by atoms with Crippen molar-refractivity contribution in [3.05, 3.63) is 11.4 Å². The van der Waals surface area contributed by atoms with Gasteiger partial charge < -0.3 is 20.7 Å². The van der Waals surface area contributed by atoms with Gasteiger partial charge in [-0.05, 0) is 13.8 Å². The SMILES string of the molecule is Cc1nonc1CNc1nc(OC(C)C(F)(F)F)nc(N2CCC(F)(F)C2)c1N. The van der Waals surface area contributed by atoms with Crippen LogP contribution in [0.3, 0.4) is 0 Å². The first-order chi connectivity index (χ1) is 13.5. The summed E-state index contributed by atoms with van der Waals surface area (Å²) in [6, 6.07) is -0.647. The third kappa shape index (κ3) is 4.74. The third-order valence-electron chi connectivity index (χ3n) is 4.29. The van der Waals surface area contributed by atoms with Gasteiger partial charge in [0.2, 0.25) is 0 Å². The fourth-order valence-electron chi connectivity index (χ4n) is 2.59. The van der Waals surface area contributed by atoms with Gasteiger partial charge >= 0.3 is 12.2 Å². The van der Waals surface area contributed by atoms with Crippen molar-refractivity contribution in [3.63, 3.8) is 0 Å². The molecule has 160 valence electrons. The minimum atomic E-state index is -4.66. The second-order valence-electron chi connectivity index (χ2n) is 6.57. The Morgan fingerprint density at radius 3 is 2.59 bits per heavy atom. The lowest BCUT2D eigenvalue weighted by molar-refractivity contribution is -0.190. The molecule has 1 unspecified atom stereocenters. The number of alkyl halides is 5. The van der Waals surface area contributed by atoms with E-state index < -0.39 is 37.2 Å². The van der Waals surface area contributed by atoms with E-state index in [1.54, 1.807) is 6.92 Å². The molecule has 0 bridgehead atoms. The zero-order valence-corrected chi connectivity index (χ0v) is 15.4. The summed E-state index contributed by atoms with van der Waals surface area (Å²) >= 11 is 0.